The minimum atomic E-state index is -0.735. The van der Waals surface area contributed by atoms with Crippen LogP contribution in [0.25, 0.3) is 0 Å². The van der Waals surface area contributed by atoms with Crippen molar-refractivity contribution >= 4 is 17.3 Å². The van der Waals surface area contributed by atoms with E-state index in [0.29, 0.717) is 5.69 Å². The summed E-state index contributed by atoms with van der Waals surface area (Å²) in [7, 11) is 0. The highest BCUT2D eigenvalue weighted by molar-refractivity contribution is 6.48. The molecule has 0 unspecified atom stereocenters. The van der Waals surface area contributed by atoms with Crippen LogP contribution in [0.2, 0.25) is 0 Å². The molecule has 0 aromatic heterocycles. The van der Waals surface area contributed by atoms with Gasteiger partial charge in [0.25, 0.3) is 5.91 Å². The molecule has 2 N–H and O–H groups in total. The number of anilines is 1. The summed E-state index contributed by atoms with van der Waals surface area (Å²) in [6, 6.07) is 10.0. The maximum Gasteiger partial charge on any atom is 0.288 e. The monoisotopic (exact) mass is 189 g/mol. The Balaban J connectivity index is 2.73. The molecule has 0 radical (unpaired) electrons. The summed E-state index contributed by atoms with van der Waals surface area (Å²) in [6.07, 6.45) is 0. The van der Waals surface area contributed by atoms with E-state index in [4.69, 9.17) is 10.5 Å². The lowest BCUT2D eigenvalue weighted by molar-refractivity contribution is -0.110. The summed E-state index contributed by atoms with van der Waals surface area (Å²) in [5.41, 5.74) is -0.0391. The van der Waals surface area contributed by atoms with Crippen LogP contribution in [-0.4, -0.2) is 16.8 Å². The lowest BCUT2D eigenvalue weighted by atomic mass is 10.3. The molecule has 0 bridgehead atoms. The Hall–Kier alpha value is -2.35. The molecule has 0 aliphatic heterocycles. The second-order valence-corrected chi connectivity index (χ2v) is 2.38. The smallest absolute Gasteiger partial charge is 0.288 e. The Kier molecular flexibility index (Phi) is 3.21. The van der Waals surface area contributed by atoms with E-state index < -0.39 is 11.6 Å². The van der Waals surface area contributed by atoms with E-state index in [1.54, 1.807) is 30.3 Å². The molecule has 0 aliphatic rings. The number of nitrogens with zero attached hydrogens (tertiary/aromatic N) is 2. The Morgan fingerprint density at radius 2 is 2.07 bits per heavy atom. The average Bonchev–Trinajstić information content (AvgIpc) is 2.21. The molecule has 0 fully saturated rings. The van der Waals surface area contributed by atoms with Crippen molar-refractivity contribution in [2.24, 2.45) is 5.16 Å². The van der Waals surface area contributed by atoms with E-state index in [9.17, 15) is 4.79 Å². The van der Waals surface area contributed by atoms with Gasteiger partial charge in [0, 0.05) is 5.69 Å². The maximum absolute atomic E-state index is 11.2. The summed E-state index contributed by atoms with van der Waals surface area (Å²) in [6.45, 7) is 0. The number of nitriles is 1. The molecular formula is C9H7N3O2. The van der Waals surface area contributed by atoms with Gasteiger partial charge in [-0.3, -0.25) is 4.79 Å². The molecule has 1 aromatic carbocycles. The molecule has 0 heterocycles. The molecule has 14 heavy (non-hydrogen) atoms. The lowest BCUT2D eigenvalue weighted by Gasteiger charge is -2.00. The summed E-state index contributed by atoms with van der Waals surface area (Å²) in [5.74, 6) is -0.735. The molecule has 0 saturated carbocycles. The summed E-state index contributed by atoms with van der Waals surface area (Å²) in [4.78, 5) is 11.2. The van der Waals surface area contributed by atoms with Gasteiger partial charge in [0.2, 0.25) is 5.71 Å². The highest BCUT2D eigenvalue weighted by atomic mass is 16.4. The van der Waals surface area contributed by atoms with E-state index in [1.807, 2.05) is 0 Å². The molecule has 0 spiro atoms. The topological polar surface area (TPSA) is 85.5 Å². The van der Waals surface area contributed by atoms with Crippen LogP contribution in [0, 0.1) is 11.3 Å². The van der Waals surface area contributed by atoms with Crippen LogP contribution >= 0.6 is 0 Å². The summed E-state index contributed by atoms with van der Waals surface area (Å²) < 4.78 is 0. The van der Waals surface area contributed by atoms with Gasteiger partial charge >= 0.3 is 0 Å². The number of hydrogen-bond acceptors (Lipinski definition) is 4. The van der Waals surface area contributed by atoms with Gasteiger partial charge in [0.1, 0.15) is 6.07 Å². The normalized spacial score (nSPS) is 10.4. The standard InChI is InChI=1S/C9H7N3O2/c10-6-8(12-14)9(13)11-7-4-2-1-3-5-7/h1-5,14H,(H,11,13). The van der Waals surface area contributed by atoms with Gasteiger partial charge in [-0.1, -0.05) is 23.4 Å². The van der Waals surface area contributed by atoms with E-state index in [2.05, 4.69) is 10.5 Å². The van der Waals surface area contributed by atoms with E-state index in [1.165, 1.54) is 6.07 Å². The highest BCUT2D eigenvalue weighted by Crippen LogP contribution is 2.04. The van der Waals surface area contributed by atoms with Crippen LogP contribution in [0.1, 0.15) is 0 Å². The molecule has 1 amide bonds. The first kappa shape index (κ1) is 9.74. The first-order chi connectivity index (χ1) is 6.77. The van der Waals surface area contributed by atoms with Crippen molar-refractivity contribution in [1.82, 2.24) is 0 Å². The third kappa shape index (κ3) is 2.32. The number of hydrogen-bond donors (Lipinski definition) is 2. The number of carbonyl (C=O) groups excluding carboxylic acids is 1. The van der Waals surface area contributed by atoms with Gasteiger partial charge in [-0.15, -0.1) is 0 Å². The lowest BCUT2D eigenvalue weighted by Crippen LogP contribution is -2.21. The number of rotatable bonds is 2. The zero-order valence-electron chi connectivity index (χ0n) is 7.14. The Morgan fingerprint density at radius 1 is 1.43 bits per heavy atom. The summed E-state index contributed by atoms with van der Waals surface area (Å²) >= 11 is 0. The molecule has 0 saturated heterocycles. The van der Waals surface area contributed by atoms with Crippen LogP contribution < -0.4 is 5.32 Å². The predicted octanol–water partition coefficient (Wildman–Crippen LogP) is 0.979. The van der Waals surface area contributed by atoms with Gasteiger partial charge in [0.15, 0.2) is 0 Å². The zero-order valence-corrected chi connectivity index (χ0v) is 7.14. The molecule has 0 aliphatic carbocycles. The van der Waals surface area contributed by atoms with Crippen LogP contribution in [0.5, 0.6) is 0 Å². The maximum atomic E-state index is 11.2. The van der Waals surface area contributed by atoms with Crippen LogP contribution in [0.3, 0.4) is 0 Å². The largest absolute Gasteiger partial charge is 0.410 e. The van der Waals surface area contributed by atoms with E-state index >= 15 is 0 Å². The van der Waals surface area contributed by atoms with Crippen molar-refractivity contribution in [2.75, 3.05) is 5.32 Å². The second kappa shape index (κ2) is 4.62. The van der Waals surface area contributed by atoms with Crippen LogP contribution in [-0.2, 0) is 4.79 Å². The Morgan fingerprint density at radius 3 is 2.57 bits per heavy atom. The van der Waals surface area contributed by atoms with Gasteiger partial charge in [0.05, 0.1) is 0 Å². The third-order valence-corrected chi connectivity index (χ3v) is 1.45. The average molecular weight is 189 g/mol. The number of para-hydroxylation sites is 1. The van der Waals surface area contributed by atoms with Gasteiger partial charge in [-0.05, 0) is 12.1 Å². The number of nitrogens with one attached hydrogen (secondary N) is 1. The van der Waals surface area contributed by atoms with Crippen molar-refractivity contribution in [3.63, 3.8) is 0 Å². The van der Waals surface area contributed by atoms with Crippen molar-refractivity contribution in [2.45, 2.75) is 0 Å². The van der Waals surface area contributed by atoms with Crippen molar-refractivity contribution in [3.05, 3.63) is 30.3 Å². The minimum Gasteiger partial charge on any atom is -0.410 e. The first-order valence-electron chi connectivity index (χ1n) is 3.76. The Bertz CT molecular complexity index is 392. The van der Waals surface area contributed by atoms with Crippen LogP contribution in [0.15, 0.2) is 35.5 Å². The molecular weight excluding hydrogens is 182 g/mol. The molecule has 1 aromatic rings. The molecule has 1 rings (SSSR count). The van der Waals surface area contributed by atoms with E-state index in [-0.39, 0.29) is 0 Å². The highest BCUT2D eigenvalue weighted by Gasteiger charge is 2.10. The quantitative estimate of drug-likeness (QED) is 0.413. The molecule has 5 heteroatoms. The van der Waals surface area contributed by atoms with Crippen molar-refractivity contribution in [1.29, 1.82) is 5.26 Å². The van der Waals surface area contributed by atoms with Crippen molar-refractivity contribution in [3.8, 4) is 6.07 Å². The number of benzene rings is 1. The fourth-order valence-electron chi connectivity index (χ4n) is 0.830. The SMILES string of the molecule is N#CC(=NO)C(=O)Nc1ccccc1. The van der Waals surface area contributed by atoms with Crippen molar-refractivity contribution < 1.29 is 10.0 Å². The predicted molar refractivity (Wildman–Crippen MR) is 49.9 cm³/mol. The van der Waals surface area contributed by atoms with Gasteiger partial charge < -0.3 is 10.5 Å². The fourth-order valence-corrected chi connectivity index (χ4v) is 0.830. The third-order valence-electron chi connectivity index (χ3n) is 1.45. The van der Waals surface area contributed by atoms with E-state index in [0.717, 1.165) is 0 Å². The number of carbonyl (C=O) groups is 1. The van der Waals surface area contributed by atoms with Gasteiger partial charge in [-0.2, -0.15) is 5.26 Å². The first-order valence-corrected chi connectivity index (χ1v) is 3.76. The number of amides is 1. The second-order valence-electron chi connectivity index (χ2n) is 2.38. The molecule has 5 nitrogen and oxygen atoms in total. The molecule has 70 valence electrons. The van der Waals surface area contributed by atoms with Crippen LogP contribution in [0.4, 0.5) is 5.69 Å². The number of oxime groups is 1. The zero-order chi connectivity index (χ0) is 10.4. The molecule has 0 atom stereocenters. The minimum absolute atomic E-state index is 0.536. The fraction of sp³-hybridized carbons (Fsp3) is 0. The Labute approximate surface area is 80.3 Å². The van der Waals surface area contributed by atoms with Gasteiger partial charge in [-0.25, -0.2) is 0 Å². The summed E-state index contributed by atoms with van der Waals surface area (Å²) in [5, 5.41) is 21.6.